The third-order valence-corrected chi connectivity index (χ3v) is 4.39. The number of hydrogen-bond acceptors (Lipinski definition) is 4. The molecule has 2 N–H and O–H groups in total. The van der Waals surface area contributed by atoms with Crippen molar-refractivity contribution in [2.75, 3.05) is 32.6 Å². The van der Waals surface area contributed by atoms with E-state index in [-0.39, 0.29) is 6.03 Å². The van der Waals surface area contributed by atoms with Crippen LogP contribution in [0.15, 0.2) is 18.2 Å². The van der Waals surface area contributed by atoms with Gasteiger partial charge < -0.3 is 20.3 Å². The SMILES string of the molecule is COC(=O)c1ccc(NC(=O)NCC[C@H]2CCCN2C)c(Cl)c1. The number of ether oxygens (including phenoxy) is 1. The maximum absolute atomic E-state index is 11.9. The molecule has 1 aliphatic heterocycles. The summed E-state index contributed by atoms with van der Waals surface area (Å²) in [5.74, 6) is -0.469. The van der Waals surface area contributed by atoms with E-state index < -0.39 is 5.97 Å². The number of carbonyl (C=O) groups excluding carboxylic acids is 2. The van der Waals surface area contributed by atoms with E-state index in [1.807, 2.05) is 0 Å². The minimum atomic E-state index is -0.469. The Labute approximate surface area is 141 Å². The molecule has 1 heterocycles. The number of rotatable bonds is 5. The second-order valence-corrected chi connectivity index (χ2v) is 6.04. The van der Waals surface area contributed by atoms with Crippen molar-refractivity contribution < 1.29 is 14.3 Å². The van der Waals surface area contributed by atoms with E-state index >= 15 is 0 Å². The highest BCUT2D eigenvalue weighted by Crippen LogP contribution is 2.23. The van der Waals surface area contributed by atoms with Crippen molar-refractivity contribution in [2.24, 2.45) is 0 Å². The number of nitrogens with zero attached hydrogens (tertiary/aromatic N) is 1. The first-order valence-electron chi connectivity index (χ1n) is 7.64. The summed E-state index contributed by atoms with van der Waals surface area (Å²) in [6.45, 7) is 1.73. The molecule has 1 atom stereocenters. The normalized spacial score (nSPS) is 17.8. The Morgan fingerprint density at radius 3 is 2.83 bits per heavy atom. The summed E-state index contributed by atoms with van der Waals surface area (Å²) < 4.78 is 4.62. The molecule has 0 aromatic heterocycles. The molecular formula is C16H22ClN3O3. The molecule has 1 aromatic carbocycles. The zero-order chi connectivity index (χ0) is 16.8. The number of halogens is 1. The molecule has 0 radical (unpaired) electrons. The lowest BCUT2D eigenvalue weighted by molar-refractivity contribution is 0.0600. The van der Waals surface area contributed by atoms with E-state index in [0.717, 1.165) is 13.0 Å². The molecule has 1 aromatic rings. The van der Waals surface area contributed by atoms with Gasteiger partial charge in [-0.05, 0) is 51.1 Å². The second-order valence-electron chi connectivity index (χ2n) is 5.63. The van der Waals surface area contributed by atoms with E-state index in [1.54, 1.807) is 12.1 Å². The smallest absolute Gasteiger partial charge is 0.337 e. The topological polar surface area (TPSA) is 70.7 Å². The average Bonchev–Trinajstić information content (AvgIpc) is 2.94. The molecule has 2 rings (SSSR count). The Balaban J connectivity index is 1.81. The standard InChI is InChI=1S/C16H22ClN3O3/c1-20-9-3-4-12(20)7-8-18-16(22)19-14-6-5-11(10-13(14)17)15(21)23-2/h5-6,10,12H,3-4,7-9H2,1-2H3,(H2,18,19,22)/t12-/m1/s1. The summed E-state index contributed by atoms with van der Waals surface area (Å²) in [6, 6.07) is 4.84. The monoisotopic (exact) mass is 339 g/mol. The van der Waals surface area contributed by atoms with E-state index in [2.05, 4.69) is 27.3 Å². The Morgan fingerprint density at radius 2 is 2.22 bits per heavy atom. The number of carbonyl (C=O) groups is 2. The largest absolute Gasteiger partial charge is 0.465 e. The first-order chi connectivity index (χ1) is 11.0. The van der Waals surface area contributed by atoms with Crippen LogP contribution in [0.2, 0.25) is 5.02 Å². The van der Waals surface area contributed by atoms with Crippen molar-refractivity contribution in [3.8, 4) is 0 Å². The van der Waals surface area contributed by atoms with Crippen molar-refractivity contribution in [2.45, 2.75) is 25.3 Å². The maximum atomic E-state index is 11.9. The average molecular weight is 340 g/mol. The molecule has 2 amide bonds. The molecule has 6 nitrogen and oxygen atoms in total. The van der Waals surface area contributed by atoms with Crippen LogP contribution in [0.3, 0.4) is 0 Å². The van der Waals surface area contributed by atoms with Crippen LogP contribution in [0.5, 0.6) is 0 Å². The van der Waals surface area contributed by atoms with Gasteiger partial charge in [0.05, 0.1) is 23.4 Å². The number of esters is 1. The van der Waals surface area contributed by atoms with Gasteiger partial charge in [-0.15, -0.1) is 0 Å². The molecule has 0 saturated carbocycles. The first-order valence-corrected chi connectivity index (χ1v) is 8.02. The van der Waals surface area contributed by atoms with Crippen molar-refractivity contribution in [3.05, 3.63) is 28.8 Å². The lowest BCUT2D eigenvalue weighted by Gasteiger charge is -2.19. The van der Waals surface area contributed by atoms with E-state index in [4.69, 9.17) is 11.6 Å². The molecule has 0 bridgehead atoms. The third-order valence-electron chi connectivity index (χ3n) is 4.07. The molecule has 0 spiro atoms. The Morgan fingerprint density at radius 1 is 1.43 bits per heavy atom. The number of likely N-dealkylation sites (tertiary alicyclic amines) is 1. The van der Waals surface area contributed by atoms with Crippen molar-refractivity contribution in [3.63, 3.8) is 0 Å². The summed E-state index contributed by atoms with van der Waals surface area (Å²) >= 11 is 6.07. The molecule has 0 unspecified atom stereocenters. The molecule has 1 aliphatic rings. The van der Waals surface area contributed by atoms with E-state index in [1.165, 1.54) is 26.0 Å². The van der Waals surface area contributed by atoms with Crippen LogP contribution >= 0.6 is 11.6 Å². The zero-order valence-corrected chi connectivity index (χ0v) is 14.2. The predicted octanol–water partition coefficient (Wildman–Crippen LogP) is 2.73. The Hall–Kier alpha value is -1.79. The fraction of sp³-hybridized carbons (Fsp3) is 0.500. The fourth-order valence-electron chi connectivity index (χ4n) is 2.72. The minimum Gasteiger partial charge on any atom is -0.465 e. The molecule has 23 heavy (non-hydrogen) atoms. The summed E-state index contributed by atoms with van der Waals surface area (Å²) in [5.41, 5.74) is 0.794. The van der Waals surface area contributed by atoms with Gasteiger partial charge in [0.1, 0.15) is 0 Å². The minimum absolute atomic E-state index is 0.290. The van der Waals surface area contributed by atoms with Gasteiger partial charge in [-0.1, -0.05) is 11.6 Å². The van der Waals surface area contributed by atoms with Crippen LogP contribution < -0.4 is 10.6 Å². The third kappa shape index (κ3) is 4.84. The Kier molecular flexibility index (Phi) is 6.24. The highest BCUT2D eigenvalue weighted by molar-refractivity contribution is 6.34. The summed E-state index contributed by atoms with van der Waals surface area (Å²) in [7, 11) is 3.41. The lowest BCUT2D eigenvalue weighted by Crippen LogP contribution is -2.34. The van der Waals surface area contributed by atoms with Crippen LogP contribution in [0.4, 0.5) is 10.5 Å². The van der Waals surface area contributed by atoms with Crippen LogP contribution in [0.1, 0.15) is 29.6 Å². The van der Waals surface area contributed by atoms with Crippen LogP contribution in [-0.4, -0.2) is 50.2 Å². The van der Waals surface area contributed by atoms with Crippen molar-refractivity contribution in [1.82, 2.24) is 10.2 Å². The number of nitrogens with one attached hydrogen (secondary N) is 2. The second kappa shape index (κ2) is 8.17. The summed E-state index contributed by atoms with van der Waals surface area (Å²) in [5, 5.41) is 5.80. The number of anilines is 1. The van der Waals surface area contributed by atoms with Gasteiger partial charge in [-0.25, -0.2) is 9.59 Å². The van der Waals surface area contributed by atoms with Crippen molar-refractivity contribution >= 4 is 29.3 Å². The van der Waals surface area contributed by atoms with E-state index in [9.17, 15) is 9.59 Å². The van der Waals surface area contributed by atoms with Gasteiger partial charge in [-0.2, -0.15) is 0 Å². The van der Waals surface area contributed by atoms with Crippen LogP contribution in [0.25, 0.3) is 0 Å². The van der Waals surface area contributed by atoms with Gasteiger partial charge in [0.25, 0.3) is 0 Å². The Bertz CT molecular complexity index is 580. The zero-order valence-electron chi connectivity index (χ0n) is 13.4. The van der Waals surface area contributed by atoms with E-state index in [0.29, 0.717) is 28.9 Å². The molecule has 126 valence electrons. The van der Waals surface area contributed by atoms with Gasteiger partial charge in [-0.3, -0.25) is 0 Å². The van der Waals surface area contributed by atoms with Gasteiger partial charge in [0, 0.05) is 12.6 Å². The highest BCUT2D eigenvalue weighted by atomic mass is 35.5. The molecule has 1 saturated heterocycles. The molecule has 7 heteroatoms. The lowest BCUT2D eigenvalue weighted by atomic mass is 10.1. The quantitative estimate of drug-likeness (QED) is 0.809. The first kappa shape index (κ1) is 17.6. The highest BCUT2D eigenvalue weighted by Gasteiger charge is 2.20. The number of hydrogen-bond donors (Lipinski definition) is 2. The molecular weight excluding hydrogens is 318 g/mol. The number of benzene rings is 1. The van der Waals surface area contributed by atoms with Crippen molar-refractivity contribution in [1.29, 1.82) is 0 Å². The number of urea groups is 1. The number of methoxy groups -OCH3 is 1. The van der Waals surface area contributed by atoms with Gasteiger partial charge in [0.2, 0.25) is 0 Å². The summed E-state index contributed by atoms with van der Waals surface area (Å²) in [6.07, 6.45) is 3.33. The van der Waals surface area contributed by atoms with Gasteiger partial charge >= 0.3 is 12.0 Å². The summed E-state index contributed by atoms with van der Waals surface area (Å²) in [4.78, 5) is 25.6. The van der Waals surface area contributed by atoms with Crippen LogP contribution in [-0.2, 0) is 4.74 Å². The van der Waals surface area contributed by atoms with Gasteiger partial charge in [0.15, 0.2) is 0 Å². The fourth-order valence-corrected chi connectivity index (χ4v) is 2.95. The molecule has 1 fully saturated rings. The number of amides is 2. The molecule has 0 aliphatic carbocycles. The predicted molar refractivity (Wildman–Crippen MR) is 90.1 cm³/mol. The van der Waals surface area contributed by atoms with Crippen LogP contribution in [0, 0.1) is 0 Å². The maximum Gasteiger partial charge on any atom is 0.337 e.